The molecule has 1 amide bonds. The second kappa shape index (κ2) is 4.68. The van der Waals surface area contributed by atoms with Gasteiger partial charge in [0, 0.05) is 5.69 Å². The van der Waals surface area contributed by atoms with E-state index < -0.39 is 5.92 Å². The molecule has 100 valence electrons. The minimum Gasteiger partial charge on any atom is -0.497 e. The van der Waals surface area contributed by atoms with Gasteiger partial charge in [-0.1, -0.05) is 12.8 Å². The van der Waals surface area contributed by atoms with Gasteiger partial charge in [-0.3, -0.25) is 9.59 Å². The van der Waals surface area contributed by atoms with E-state index >= 15 is 0 Å². The van der Waals surface area contributed by atoms with Gasteiger partial charge in [-0.2, -0.15) is 0 Å². The summed E-state index contributed by atoms with van der Waals surface area (Å²) in [7, 11) is 1.61. The maximum Gasteiger partial charge on any atom is 0.238 e. The van der Waals surface area contributed by atoms with Crippen LogP contribution in [0.15, 0.2) is 24.3 Å². The van der Waals surface area contributed by atoms with Gasteiger partial charge in [0.1, 0.15) is 5.75 Å². The molecule has 2 bridgehead atoms. The van der Waals surface area contributed by atoms with Crippen LogP contribution >= 0.6 is 0 Å². The Balaban J connectivity index is 1.95. The first-order valence-corrected chi connectivity index (χ1v) is 6.73. The van der Waals surface area contributed by atoms with E-state index in [1.54, 1.807) is 12.0 Å². The van der Waals surface area contributed by atoms with E-state index in [4.69, 9.17) is 4.74 Å². The Labute approximate surface area is 112 Å². The molecule has 0 spiro atoms. The summed E-state index contributed by atoms with van der Waals surface area (Å²) in [6.45, 7) is 0. The van der Waals surface area contributed by atoms with Crippen LogP contribution in [0, 0.1) is 5.92 Å². The van der Waals surface area contributed by atoms with Crippen LogP contribution in [-0.4, -0.2) is 24.8 Å². The molecule has 1 aliphatic heterocycles. The highest BCUT2D eigenvalue weighted by molar-refractivity contribution is 6.19. The van der Waals surface area contributed by atoms with E-state index in [1.807, 2.05) is 24.3 Å². The van der Waals surface area contributed by atoms with Crippen molar-refractivity contribution in [3.05, 3.63) is 24.3 Å². The second-order valence-electron chi connectivity index (χ2n) is 5.16. The number of amides is 1. The van der Waals surface area contributed by atoms with Crippen LogP contribution in [0.2, 0.25) is 0 Å². The van der Waals surface area contributed by atoms with E-state index in [-0.39, 0.29) is 17.7 Å². The number of nitrogens with zero attached hydrogens (tertiary/aromatic N) is 1. The van der Waals surface area contributed by atoms with Gasteiger partial charge in [-0.05, 0) is 37.1 Å². The summed E-state index contributed by atoms with van der Waals surface area (Å²) in [5, 5.41) is 0. The average molecular weight is 259 g/mol. The molecular formula is C15H17NO3. The average Bonchev–Trinajstić information content (AvgIpc) is 2.56. The van der Waals surface area contributed by atoms with Crippen LogP contribution in [0.1, 0.15) is 25.7 Å². The predicted molar refractivity (Wildman–Crippen MR) is 71.2 cm³/mol. The topological polar surface area (TPSA) is 46.6 Å². The van der Waals surface area contributed by atoms with Crippen molar-refractivity contribution in [1.82, 2.24) is 0 Å². The van der Waals surface area contributed by atoms with Crippen molar-refractivity contribution in [2.75, 3.05) is 12.0 Å². The first-order chi connectivity index (χ1) is 9.22. The summed E-state index contributed by atoms with van der Waals surface area (Å²) in [5.41, 5.74) is 0.800. The van der Waals surface area contributed by atoms with Gasteiger partial charge in [0.25, 0.3) is 0 Å². The Morgan fingerprint density at radius 1 is 1.11 bits per heavy atom. The van der Waals surface area contributed by atoms with Crippen molar-refractivity contribution in [3.8, 4) is 5.75 Å². The van der Waals surface area contributed by atoms with Crippen molar-refractivity contribution in [3.63, 3.8) is 0 Å². The van der Waals surface area contributed by atoms with E-state index in [1.165, 1.54) is 0 Å². The first-order valence-electron chi connectivity index (χ1n) is 6.73. The molecular weight excluding hydrogens is 242 g/mol. The number of anilines is 1. The number of methoxy groups -OCH3 is 1. The van der Waals surface area contributed by atoms with Gasteiger partial charge < -0.3 is 9.64 Å². The minimum atomic E-state index is -0.408. The third kappa shape index (κ3) is 1.91. The minimum absolute atomic E-state index is 0.0279. The summed E-state index contributed by atoms with van der Waals surface area (Å²) in [6, 6.07) is 7.09. The van der Waals surface area contributed by atoms with Gasteiger partial charge in [-0.25, -0.2) is 0 Å². The molecule has 1 heterocycles. The molecule has 3 rings (SSSR count). The fourth-order valence-electron chi connectivity index (χ4n) is 3.08. The molecule has 1 saturated heterocycles. The molecule has 2 aliphatic rings. The molecule has 4 nitrogen and oxygen atoms in total. The fourth-order valence-corrected chi connectivity index (χ4v) is 3.08. The molecule has 2 atom stereocenters. The molecule has 1 aliphatic carbocycles. The molecule has 4 heteroatoms. The first kappa shape index (κ1) is 12.2. The quantitative estimate of drug-likeness (QED) is 0.765. The van der Waals surface area contributed by atoms with Crippen molar-refractivity contribution >= 4 is 17.4 Å². The smallest absolute Gasteiger partial charge is 0.238 e. The number of ketones is 1. The number of hydrogen-bond donors (Lipinski definition) is 0. The Morgan fingerprint density at radius 2 is 1.79 bits per heavy atom. The lowest BCUT2D eigenvalue weighted by molar-refractivity contribution is -0.127. The third-order valence-corrected chi connectivity index (χ3v) is 4.09. The Kier molecular flexibility index (Phi) is 3.01. The van der Waals surface area contributed by atoms with Crippen molar-refractivity contribution in [2.45, 2.75) is 31.7 Å². The lowest BCUT2D eigenvalue weighted by Gasteiger charge is -2.24. The number of benzene rings is 1. The largest absolute Gasteiger partial charge is 0.497 e. The Morgan fingerprint density at radius 3 is 2.47 bits per heavy atom. The van der Waals surface area contributed by atoms with Crippen LogP contribution in [0.25, 0.3) is 0 Å². The lowest BCUT2D eigenvalue weighted by atomic mass is 10.0. The number of carbonyl (C=O) groups excluding carboxylic acids is 2. The number of carbonyl (C=O) groups is 2. The molecule has 2 fully saturated rings. The monoisotopic (exact) mass is 259 g/mol. The summed E-state index contributed by atoms with van der Waals surface area (Å²) in [5.74, 6) is 0.426. The highest BCUT2D eigenvalue weighted by Gasteiger charge is 2.48. The van der Waals surface area contributed by atoms with Crippen LogP contribution in [0.5, 0.6) is 5.75 Å². The molecule has 0 radical (unpaired) electrons. The molecule has 0 aromatic heterocycles. The summed E-state index contributed by atoms with van der Waals surface area (Å²) in [4.78, 5) is 26.3. The normalized spacial score (nSPS) is 26.5. The van der Waals surface area contributed by atoms with E-state index in [0.717, 1.165) is 30.7 Å². The zero-order valence-electron chi connectivity index (χ0n) is 11.0. The summed E-state index contributed by atoms with van der Waals surface area (Å²) < 4.78 is 5.12. The highest BCUT2D eigenvalue weighted by Crippen LogP contribution is 2.36. The van der Waals surface area contributed by atoms with Gasteiger partial charge in [0.2, 0.25) is 5.91 Å². The Bertz CT molecular complexity index is 509. The number of rotatable bonds is 2. The number of hydrogen-bond acceptors (Lipinski definition) is 3. The lowest BCUT2D eigenvalue weighted by Crippen LogP contribution is -2.35. The van der Waals surface area contributed by atoms with Crippen molar-refractivity contribution in [1.29, 1.82) is 0 Å². The highest BCUT2D eigenvalue weighted by atomic mass is 16.5. The van der Waals surface area contributed by atoms with Gasteiger partial charge >= 0.3 is 0 Å². The maximum absolute atomic E-state index is 12.4. The van der Waals surface area contributed by atoms with Crippen molar-refractivity contribution < 1.29 is 14.3 Å². The van der Waals surface area contributed by atoms with Crippen LogP contribution < -0.4 is 9.64 Å². The van der Waals surface area contributed by atoms with Crippen LogP contribution in [-0.2, 0) is 9.59 Å². The summed E-state index contributed by atoms with van der Waals surface area (Å²) in [6.07, 6.45) is 3.50. The van der Waals surface area contributed by atoms with Crippen LogP contribution in [0.3, 0.4) is 0 Å². The van der Waals surface area contributed by atoms with Crippen molar-refractivity contribution in [2.24, 2.45) is 5.92 Å². The SMILES string of the molecule is COc1ccc(N2C(=O)[C@@H]3CCCC[C@H]2C3=O)cc1. The zero-order chi connectivity index (χ0) is 13.4. The van der Waals surface area contributed by atoms with E-state index in [2.05, 4.69) is 0 Å². The third-order valence-electron chi connectivity index (χ3n) is 4.09. The van der Waals surface area contributed by atoms with Gasteiger partial charge in [0.15, 0.2) is 5.78 Å². The Hall–Kier alpha value is -1.84. The molecule has 1 aromatic rings. The molecule has 19 heavy (non-hydrogen) atoms. The molecule has 1 saturated carbocycles. The van der Waals surface area contributed by atoms with Crippen LogP contribution in [0.4, 0.5) is 5.69 Å². The number of Topliss-reactive ketones (excluding diaryl/α,β-unsaturated/α-hetero) is 1. The predicted octanol–water partition coefficient (Wildman–Crippen LogP) is 2.17. The van der Waals surface area contributed by atoms with E-state index in [9.17, 15) is 9.59 Å². The second-order valence-corrected chi connectivity index (χ2v) is 5.16. The fraction of sp³-hybridized carbons (Fsp3) is 0.467. The zero-order valence-corrected chi connectivity index (χ0v) is 11.0. The van der Waals surface area contributed by atoms with E-state index in [0.29, 0.717) is 6.42 Å². The molecule has 1 aromatic carbocycles. The molecule has 0 unspecified atom stereocenters. The van der Waals surface area contributed by atoms with Gasteiger partial charge in [0.05, 0.1) is 19.1 Å². The standard InChI is InChI=1S/C15H17NO3/c1-19-11-8-6-10(7-9-11)16-13-5-3-2-4-12(14(13)17)15(16)18/h6-9,12-13H,2-5H2,1H3/t12-,13+/m1/s1. The maximum atomic E-state index is 12.4. The molecule has 0 N–H and O–H groups in total. The number of fused-ring (bicyclic) bond motifs is 2. The van der Waals surface area contributed by atoms with Gasteiger partial charge in [-0.15, -0.1) is 0 Å². The summed E-state index contributed by atoms with van der Waals surface area (Å²) >= 11 is 0. The number of ether oxygens (including phenoxy) is 1.